The Morgan fingerprint density at radius 2 is 1.91 bits per heavy atom. The number of carbonyl (C=O) groups excluding carboxylic acids is 1. The minimum Gasteiger partial charge on any atom is -0.408 e. The molecule has 1 aromatic carbocycles. The highest BCUT2D eigenvalue weighted by Gasteiger charge is 2.20. The standard InChI is InChI=1S/C16H21N3O3/c1-2-17-9-11-18(12-10-17)15(20)7-8-19-13-5-3-4-6-14(13)22-16(19)21/h3-6H,2,7-12H2,1H3. The monoisotopic (exact) mass is 303 g/mol. The van der Waals surface area contributed by atoms with Crippen LogP contribution in [0.15, 0.2) is 33.5 Å². The summed E-state index contributed by atoms with van der Waals surface area (Å²) >= 11 is 0. The Balaban J connectivity index is 1.63. The molecule has 1 fully saturated rings. The molecule has 0 saturated carbocycles. The predicted octanol–water partition coefficient (Wildman–Crippen LogP) is 1.15. The van der Waals surface area contributed by atoms with E-state index in [1.54, 1.807) is 6.07 Å². The third-order valence-corrected chi connectivity index (χ3v) is 4.30. The zero-order valence-corrected chi connectivity index (χ0v) is 12.8. The van der Waals surface area contributed by atoms with Crippen molar-refractivity contribution in [2.24, 2.45) is 0 Å². The van der Waals surface area contributed by atoms with Crippen molar-refractivity contribution in [3.05, 3.63) is 34.8 Å². The van der Waals surface area contributed by atoms with Gasteiger partial charge in [0.25, 0.3) is 0 Å². The smallest absolute Gasteiger partial charge is 0.408 e. The number of hydrogen-bond donors (Lipinski definition) is 0. The number of hydrogen-bond acceptors (Lipinski definition) is 4. The molecule has 0 unspecified atom stereocenters. The van der Waals surface area contributed by atoms with Crippen molar-refractivity contribution >= 4 is 17.0 Å². The third kappa shape index (κ3) is 2.92. The highest BCUT2D eigenvalue weighted by Crippen LogP contribution is 2.12. The Kier molecular flexibility index (Phi) is 4.29. The Morgan fingerprint density at radius 3 is 2.64 bits per heavy atom. The molecule has 118 valence electrons. The molecule has 0 aliphatic carbocycles. The van der Waals surface area contributed by atoms with Crippen LogP contribution in [0.1, 0.15) is 13.3 Å². The van der Waals surface area contributed by atoms with Crippen molar-refractivity contribution in [3.63, 3.8) is 0 Å². The molecular formula is C16H21N3O3. The summed E-state index contributed by atoms with van der Waals surface area (Å²) < 4.78 is 6.72. The maximum absolute atomic E-state index is 12.3. The SMILES string of the molecule is CCN1CCN(C(=O)CCn2c(=O)oc3ccccc32)CC1. The Morgan fingerprint density at radius 1 is 1.18 bits per heavy atom. The molecule has 22 heavy (non-hydrogen) atoms. The van der Waals surface area contributed by atoms with Crippen LogP contribution in [0.25, 0.3) is 11.1 Å². The molecule has 1 aliphatic heterocycles. The molecule has 2 aromatic rings. The summed E-state index contributed by atoms with van der Waals surface area (Å²) in [6.07, 6.45) is 0.329. The molecule has 0 spiro atoms. The lowest BCUT2D eigenvalue weighted by molar-refractivity contribution is -0.133. The van der Waals surface area contributed by atoms with Crippen molar-refractivity contribution in [1.82, 2.24) is 14.4 Å². The van der Waals surface area contributed by atoms with Crippen molar-refractivity contribution in [1.29, 1.82) is 0 Å². The van der Waals surface area contributed by atoms with Crippen LogP contribution in [0.2, 0.25) is 0 Å². The average molecular weight is 303 g/mol. The van der Waals surface area contributed by atoms with E-state index < -0.39 is 5.76 Å². The van der Waals surface area contributed by atoms with Gasteiger partial charge in [-0.1, -0.05) is 19.1 Å². The maximum Gasteiger partial charge on any atom is 0.419 e. The number of rotatable bonds is 4. The number of amides is 1. The van der Waals surface area contributed by atoms with E-state index in [-0.39, 0.29) is 5.91 Å². The number of benzene rings is 1. The van der Waals surface area contributed by atoms with Gasteiger partial charge in [-0.3, -0.25) is 9.36 Å². The summed E-state index contributed by atoms with van der Waals surface area (Å²) in [6.45, 7) is 6.92. The van der Waals surface area contributed by atoms with Crippen LogP contribution in [0.5, 0.6) is 0 Å². The van der Waals surface area contributed by atoms with Crippen molar-refractivity contribution in [2.45, 2.75) is 19.9 Å². The number of carbonyl (C=O) groups is 1. The number of aryl methyl sites for hydroxylation is 1. The summed E-state index contributed by atoms with van der Waals surface area (Å²) in [7, 11) is 0. The molecule has 6 heteroatoms. The fourth-order valence-corrected chi connectivity index (χ4v) is 2.90. The summed E-state index contributed by atoms with van der Waals surface area (Å²) in [5, 5.41) is 0. The largest absolute Gasteiger partial charge is 0.419 e. The van der Waals surface area contributed by atoms with E-state index in [1.165, 1.54) is 4.57 Å². The average Bonchev–Trinajstić information content (AvgIpc) is 2.88. The number of aromatic nitrogens is 1. The minimum atomic E-state index is -0.398. The van der Waals surface area contributed by atoms with Gasteiger partial charge in [0.1, 0.15) is 0 Å². The normalized spacial score (nSPS) is 16.3. The van der Waals surface area contributed by atoms with E-state index in [4.69, 9.17) is 4.42 Å². The molecule has 1 aliphatic rings. The molecule has 0 N–H and O–H groups in total. The van der Waals surface area contributed by atoms with E-state index >= 15 is 0 Å². The van der Waals surface area contributed by atoms with Gasteiger partial charge in [-0.25, -0.2) is 4.79 Å². The Bertz CT molecular complexity index is 711. The number of piperazine rings is 1. The third-order valence-electron chi connectivity index (χ3n) is 4.30. The summed E-state index contributed by atoms with van der Waals surface area (Å²) in [5.74, 6) is -0.294. The number of likely N-dealkylation sites (N-methyl/N-ethyl adjacent to an activating group) is 1. The van der Waals surface area contributed by atoms with Crippen molar-refractivity contribution in [3.8, 4) is 0 Å². The second kappa shape index (κ2) is 6.36. The molecule has 0 bridgehead atoms. The van der Waals surface area contributed by atoms with Crippen molar-refractivity contribution < 1.29 is 9.21 Å². The summed E-state index contributed by atoms with van der Waals surface area (Å²) in [6, 6.07) is 7.29. The first kappa shape index (κ1) is 14.8. The van der Waals surface area contributed by atoms with E-state index in [0.717, 1.165) is 38.2 Å². The lowest BCUT2D eigenvalue weighted by Gasteiger charge is -2.34. The van der Waals surface area contributed by atoms with Gasteiger partial charge in [0.2, 0.25) is 5.91 Å². The van der Waals surface area contributed by atoms with Crippen LogP contribution in [0.3, 0.4) is 0 Å². The fraction of sp³-hybridized carbons (Fsp3) is 0.500. The van der Waals surface area contributed by atoms with Gasteiger partial charge >= 0.3 is 5.76 Å². The van der Waals surface area contributed by atoms with E-state index in [2.05, 4.69) is 11.8 Å². The van der Waals surface area contributed by atoms with Crippen LogP contribution >= 0.6 is 0 Å². The minimum absolute atomic E-state index is 0.105. The van der Waals surface area contributed by atoms with Gasteiger partial charge in [-0.2, -0.15) is 0 Å². The van der Waals surface area contributed by atoms with Crippen molar-refractivity contribution in [2.75, 3.05) is 32.7 Å². The topological polar surface area (TPSA) is 58.7 Å². The first-order valence-corrected chi connectivity index (χ1v) is 7.77. The quantitative estimate of drug-likeness (QED) is 0.850. The van der Waals surface area contributed by atoms with Gasteiger partial charge in [-0.15, -0.1) is 0 Å². The fourth-order valence-electron chi connectivity index (χ4n) is 2.90. The molecule has 6 nitrogen and oxygen atoms in total. The van der Waals surface area contributed by atoms with E-state index in [0.29, 0.717) is 18.5 Å². The highest BCUT2D eigenvalue weighted by molar-refractivity contribution is 5.77. The first-order valence-electron chi connectivity index (χ1n) is 7.77. The summed E-state index contributed by atoms with van der Waals surface area (Å²) in [5.41, 5.74) is 1.31. The Hall–Kier alpha value is -2.08. The van der Waals surface area contributed by atoms with E-state index in [9.17, 15) is 9.59 Å². The second-order valence-electron chi connectivity index (χ2n) is 5.55. The zero-order chi connectivity index (χ0) is 15.5. The van der Waals surface area contributed by atoms with Crippen LogP contribution in [0, 0.1) is 0 Å². The van der Waals surface area contributed by atoms with Crippen LogP contribution < -0.4 is 5.76 Å². The lowest BCUT2D eigenvalue weighted by Crippen LogP contribution is -2.48. The van der Waals surface area contributed by atoms with Gasteiger partial charge in [0.15, 0.2) is 5.58 Å². The molecule has 0 radical (unpaired) electrons. The molecule has 1 saturated heterocycles. The molecular weight excluding hydrogens is 282 g/mol. The molecule has 1 amide bonds. The van der Waals surface area contributed by atoms with Gasteiger partial charge in [-0.05, 0) is 18.7 Å². The number of nitrogens with zero attached hydrogens (tertiary/aromatic N) is 3. The van der Waals surface area contributed by atoms with Crippen LogP contribution in [0.4, 0.5) is 0 Å². The lowest BCUT2D eigenvalue weighted by atomic mass is 10.2. The molecule has 0 atom stereocenters. The zero-order valence-electron chi connectivity index (χ0n) is 12.8. The molecule has 1 aromatic heterocycles. The van der Waals surface area contributed by atoms with Gasteiger partial charge in [0, 0.05) is 39.1 Å². The molecule has 2 heterocycles. The first-order chi connectivity index (χ1) is 10.7. The predicted molar refractivity (Wildman–Crippen MR) is 83.8 cm³/mol. The molecule has 3 rings (SSSR count). The highest BCUT2D eigenvalue weighted by atomic mass is 16.4. The van der Waals surface area contributed by atoms with Crippen LogP contribution in [-0.2, 0) is 11.3 Å². The second-order valence-corrected chi connectivity index (χ2v) is 5.55. The van der Waals surface area contributed by atoms with E-state index in [1.807, 2.05) is 23.1 Å². The number of oxazole rings is 1. The number of para-hydroxylation sites is 2. The summed E-state index contributed by atoms with van der Waals surface area (Å²) in [4.78, 5) is 28.4. The Labute approximate surface area is 128 Å². The maximum atomic E-state index is 12.3. The number of fused-ring (bicyclic) bond motifs is 1. The van der Waals surface area contributed by atoms with Gasteiger partial charge in [0.05, 0.1) is 5.52 Å². The van der Waals surface area contributed by atoms with Crippen LogP contribution in [-0.4, -0.2) is 53.0 Å². The van der Waals surface area contributed by atoms with Gasteiger partial charge < -0.3 is 14.2 Å².